The van der Waals surface area contributed by atoms with E-state index in [9.17, 15) is 4.79 Å². The van der Waals surface area contributed by atoms with E-state index in [0.717, 1.165) is 0 Å². The lowest BCUT2D eigenvalue weighted by Gasteiger charge is -2.08. The van der Waals surface area contributed by atoms with Gasteiger partial charge in [0.25, 0.3) is 0 Å². The number of hydrogen-bond donors (Lipinski definition) is 0. The fourth-order valence-corrected chi connectivity index (χ4v) is 1.64. The summed E-state index contributed by atoms with van der Waals surface area (Å²) in [6, 6.07) is 17.8. The summed E-state index contributed by atoms with van der Waals surface area (Å²) >= 11 is 0. The molecule has 0 heterocycles. The molecule has 0 unspecified atom stereocenters. The van der Waals surface area contributed by atoms with Gasteiger partial charge in [-0.05, 0) is 12.1 Å². The van der Waals surface area contributed by atoms with Crippen LogP contribution in [0.2, 0.25) is 0 Å². The number of nitrogens with zero attached hydrogens (tertiary/aromatic N) is 1. The van der Waals surface area contributed by atoms with Crippen molar-refractivity contribution in [2.75, 3.05) is 6.61 Å². The minimum absolute atomic E-state index is 0.0704. The van der Waals surface area contributed by atoms with Crippen LogP contribution >= 0.6 is 0 Å². The van der Waals surface area contributed by atoms with E-state index in [1.165, 1.54) is 0 Å². The van der Waals surface area contributed by atoms with Crippen LogP contribution in [0.15, 0.2) is 54.6 Å². The third-order valence-corrected chi connectivity index (χ3v) is 2.46. The van der Waals surface area contributed by atoms with Crippen molar-refractivity contribution in [2.24, 2.45) is 0 Å². The summed E-state index contributed by atoms with van der Waals surface area (Å²) < 4.78 is 5.25. The molecular formula is C15H11NO2. The predicted octanol–water partition coefficient (Wildman–Crippen LogP) is 2.82. The number of hydrogen-bond acceptors (Lipinski definition) is 3. The normalized spacial score (nSPS) is 9.50. The summed E-state index contributed by atoms with van der Waals surface area (Å²) in [6.45, 7) is -0.0704. The molecule has 0 aliphatic rings. The van der Waals surface area contributed by atoms with Gasteiger partial charge in [-0.15, -0.1) is 0 Å². The zero-order valence-corrected chi connectivity index (χ0v) is 9.67. The van der Waals surface area contributed by atoms with Crippen LogP contribution in [0.3, 0.4) is 0 Å². The Kier molecular flexibility index (Phi) is 3.72. The number of rotatable bonds is 4. The van der Waals surface area contributed by atoms with E-state index in [0.29, 0.717) is 16.9 Å². The van der Waals surface area contributed by atoms with Gasteiger partial charge in [-0.2, -0.15) is 5.26 Å². The Morgan fingerprint density at radius 2 is 1.72 bits per heavy atom. The topological polar surface area (TPSA) is 50.1 Å². The van der Waals surface area contributed by atoms with E-state index in [2.05, 4.69) is 0 Å². The standard InChI is InChI=1S/C15H11NO2/c16-10-11-18-14-9-5-4-8-13(14)15(17)12-6-2-1-3-7-12/h1-9H,11H2. The van der Waals surface area contributed by atoms with Crippen LogP contribution in [0.25, 0.3) is 0 Å². The monoisotopic (exact) mass is 237 g/mol. The molecule has 2 aromatic carbocycles. The van der Waals surface area contributed by atoms with Gasteiger partial charge in [-0.1, -0.05) is 42.5 Å². The highest BCUT2D eigenvalue weighted by molar-refractivity contribution is 6.10. The molecule has 3 heteroatoms. The largest absolute Gasteiger partial charge is 0.478 e. The van der Waals surface area contributed by atoms with Crippen LogP contribution in [0.1, 0.15) is 15.9 Å². The molecule has 0 aliphatic carbocycles. The Hall–Kier alpha value is -2.60. The van der Waals surface area contributed by atoms with Gasteiger partial charge < -0.3 is 4.74 Å². The fraction of sp³-hybridized carbons (Fsp3) is 0.0667. The number of carbonyl (C=O) groups is 1. The van der Waals surface area contributed by atoms with Gasteiger partial charge in [-0.3, -0.25) is 4.79 Å². The molecular weight excluding hydrogens is 226 g/mol. The number of para-hydroxylation sites is 1. The van der Waals surface area contributed by atoms with Crippen molar-refractivity contribution in [3.63, 3.8) is 0 Å². The molecule has 0 amide bonds. The van der Waals surface area contributed by atoms with Crippen molar-refractivity contribution in [2.45, 2.75) is 0 Å². The molecule has 2 aromatic rings. The minimum atomic E-state index is -0.107. The molecule has 0 aromatic heterocycles. The number of carbonyl (C=O) groups excluding carboxylic acids is 1. The number of ketones is 1. The van der Waals surface area contributed by atoms with Crippen LogP contribution in [0.5, 0.6) is 5.75 Å². The Bertz CT molecular complexity index is 585. The molecule has 18 heavy (non-hydrogen) atoms. The zero-order chi connectivity index (χ0) is 12.8. The van der Waals surface area contributed by atoms with Crippen molar-refractivity contribution in [3.8, 4) is 11.8 Å². The van der Waals surface area contributed by atoms with E-state index >= 15 is 0 Å². The van der Waals surface area contributed by atoms with Gasteiger partial charge in [0.05, 0.1) is 5.56 Å². The molecule has 0 spiro atoms. The van der Waals surface area contributed by atoms with Crippen molar-refractivity contribution in [3.05, 3.63) is 65.7 Å². The molecule has 3 nitrogen and oxygen atoms in total. The van der Waals surface area contributed by atoms with Crippen molar-refractivity contribution >= 4 is 5.78 Å². The highest BCUT2D eigenvalue weighted by Gasteiger charge is 2.13. The molecule has 0 saturated carbocycles. The lowest BCUT2D eigenvalue weighted by molar-refractivity contribution is 0.103. The summed E-state index contributed by atoms with van der Waals surface area (Å²) in [7, 11) is 0. The molecule has 0 radical (unpaired) electrons. The molecule has 88 valence electrons. The fourth-order valence-electron chi connectivity index (χ4n) is 1.64. The lowest BCUT2D eigenvalue weighted by atomic mass is 10.0. The highest BCUT2D eigenvalue weighted by Crippen LogP contribution is 2.21. The van der Waals surface area contributed by atoms with E-state index < -0.39 is 0 Å². The number of benzene rings is 2. The first kappa shape index (κ1) is 11.9. The Labute approximate surface area is 105 Å². The Morgan fingerprint density at radius 1 is 1.06 bits per heavy atom. The van der Waals surface area contributed by atoms with E-state index in [4.69, 9.17) is 10.00 Å². The summed E-state index contributed by atoms with van der Waals surface area (Å²) in [6.07, 6.45) is 0. The second-order valence-corrected chi connectivity index (χ2v) is 3.64. The smallest absolute Gasteiger partial charge is 0.196 e. The lowest BCUT2D eigenvalue weighted by Crippen LogP contribution is -2.05. The predicted molar refractivity (Wildman–Crippen MR) is 67.4 cm³/mol. The molecule has 2 rings (SSSR count). The molecule has 0 atom stereocenters. The van der Waals surface area contributed by atoms with Crippen LogP contribution < -0.4 is 4.74 Å². The van der Waals surface area contributed by atoms with Crippen molar-refractivity contribution in [1.82, 2.24) is 0 Å². The molecule has 0 fully saturated rings. The van der Waals surface area contributed by atoms with Gasteiger partial charge in [0.2, 0.25) is 0 Å². The van der Waals surface area contributed by atoms with Crippen molar-refractivity contribution < 1.29 is 9.53 Å². The maximum Gasteiger partial charge on any atom is 0.196 e. The van der Waals surface area contributed by atoms with Gasteiger partial charge in [0.1, 0.15) is 11.8 Å². The SMILES string of the molecule is N#CCOc1ccccc1C(=O)c1ccccc1. The van der Waals surface area contributed by atoms with Crippen LogP contribution in [-0.4, -0.2) is 12.4 Å². The Morgan fingerprint density at radius 3 is 2.44 bits per heavy atom. The maximum absolute atomic E-state index is 12.3. The van der Waals surface area contributed by atoms with Crippen LogP contribution in [0.4, 0.5) is 0 Å². The van der Waals surface area contributed by atoms with Gasteiger partial charge >= 0.3 is 0 Å². The maximum atomic E-state index is 12.3. The van der Waals surface area contributed by atoms with Gasteiger partial charge in [0.15, 0.2) is 12.4 Å². The van der Waals surface area contributed by atoms with Crippen LogP contribution in [-0.2, 0) is 0 Å². The van der Waals surface area contributed by atoms with Crippen molar-refractivity contribution in [1.29, 1.82) is 5.26 Å². The zero-order valence-electron chi connectivity index (χ0n) is 9.67. The average Bonchev–Trinajstić information content (AvgIpc) is 2.45. The first-order valence-electron chi connectivity index (χ1n) is 5.51. The third kappa shape index (κ3) is 2.55. The van der Waals surface area contributed by atoms with E-state index in [1.807, 2.05) is 24.3 Å². The number of nitriles is 1. The average molecular weight is 237 g/mol. The molecule has 0 saturated heterocycles. The van der Waals surface area contributed by atoms with Crippen LogP contribution in [0, 0.1) is 11.3 Å². The third-order valence-electron chi connectivity index (χ3n) is 2.46. The van der Waals surface area contributed by atoms with Gasteiger partial charge in [-0.25, -0.2) is 0 Å². The summed E-state index contributed by atoms with van der Waals surface area (Å²) in [5, 5.41) is 8.51. The highest BCUT2D eigenvalue weighted by atomic mass is 16.5. The molecule has 0 N–H and O–H groups in total. The van der Waals surface area contributed by atoms with E-state index in [1.54, 1.807) is 36.4 Å². The summed E-state index contributed by atoms with van der Waals surface area (Å²) in [4.78, 5) is 12.3. The van der Waals surface area contributed by atoms with E-state index in [-0.39, 0.29) is 12.4 Å². The first-order chi connectivity index (χ1) is 8.83. The summed E-state index contributed by atoms with van der Waals surface area (Å²) in [5.74, 6) is 0.331. The molecule has 0 aliphatic heterocycles. The summed E-state index contributed by atoms with van der Waals surface area (Å²) in [5.41, 5.74) is 1.07. The molecule has 0 bridgehead atoms. The number of ether oxygens (including phenoxy) is 1. The Balaban J connectivity index is 2.34. The minimum Gasteiger partial charge on any atom is -0.478 e. The van der Waals surface area contributed by atoms with Gasteiger partial charge in [0, 0.05) is 5.56 Å². The second kappa shape index (κ2) is 5.65. The first-order valence-corrected chi connectivity index (χ1v) is 5.51. The quantitative estimate of drug-likeness (QED) is 0.768. The second-order valence-electron chi connectivity index (χ2n) is 3.64.